The molecule has 0 atom stereocenters. The number of rotatable bonds is 7. The summed E-state index contributed by atoms with van der Waals surface area (Å²) < 4.78 is 11.7. The van der Waals surface area contributed by atoms with Gasteiger partial charge in [0.1, 0.15) is 23.9 Å². The van der Waals surface area contributed by atoms with Crippen LogP contribution in [0.1, 0.15) is 11.1 Å². The van der Waals surface area contributed by atoms with Gasteiger partial charge in [-0.3, -0.25) is 0 Å². The Labute approximate surface area is 169 Å². The maximum Gasteiger partial charge on any atom is 0.348 e. The highest BCUT2D eigenvalue weighted by Gasteiger charge is 2.16. The lowest BCUT2D eigenvalue weighted by Gasteiger charge is -2.03. The predicted octanol–water partition coefficient (Wildman–Crippen LogP) is 3.94. The molecule has 0 bridgehead atoms. The third-order valence-corrected chi connectivity index (χ3v) is 4.22. The Bertz CT molecular complexity index is 1060. The minimum absolute atomic E-state index is 0.0857. The largest absolute Gasteiger partial charge is 0.459 e. The van der Waals surface area contributed by atoms with Crippen LogP contribution in [0.5, 0.6) is 0 Å². The smallest absolute Gasteiger partial charge is 0.348 e. The van der Waals surface area contributed by atoms with Gasteiger partial charge in [0.25, 0.3) is 0 Å². The van der Waals surface area contributed by atoms with Crippen LogP contribution < -0.4 is 0 Å². The number of nitriles is 1. The molecule has 6 nitrogen and oxygen atoms in total. The summed E-state index contributed by atoms with van der Waals surface area (Å²) in [5, 5.41) is 14.2. The summed E-state index contributed by atoms with van der Waals surface area (Å²) in [6.07, 6.45) is 3.31. The number of hydrogen-bond acceptors (Lipinski definition) is 5. The highest BCUT2D eigenvalue weighted by molar-refractivity contribution is 5.98. The zero-order chi connectivity index (χ0) is 20.6. The second kappa shape index (κ2) is 9.49. The van der Waals surface area contributed by atoms with Crippen molar-refractivity contribution in [2.24, 2.45) is 0 Å². The average molecular weight is 387 g/mol. The molecular formula is C23H21N3O3. The molecule has 0 spiro atoms. The van der Waals surface area contributed by atoms with E-state index < -0.39 is 5.97 Å². The predicted molar refractivity (Wildman–Crippen MR) is 110 cm³/mol. The molecule has 0 amide bonds. The Morgan fingerprint density at radius 3 is 2.66 bits per heavy atom. The number of methoxy groups -OCH3 is 1. The Kier molecular flexibility index (Phi) is 6.56. The molecule has 0 saturated carbocycles. The van der Waals surface area contributed by atoms with E-state index in [1.54, 1.807) is 10.9 Å². The van der Waals surface area contributed by atoms with Gasteiger partial charge in [-0.1, -0.05) is 42.0 Å². The first-order valence-electron chi connectivity index (χ1n) is 9.12. The van der Waals surface area contributed by atoms with Crippen molar-refractivity contribution in [3.8, 4) is 23.0 Å². The number of aromatic nitrogens is 2. The van der Waals surface area contributed by atoms with E-state index in [2.05, 4.69) is 0 Å². The van der Waals surface area contributed by atoms with Crippen LogP contribution in [0.25, 0.3) is 23.0 Å². The molecule has 29 heavy (non-hydrogen) atoms. The molecule has 0 aliphatic heterocycles. The van der Waals surface area contributed by atoms with E-state index in [-0.39, 0.29) is 18.8 Å². The van der Waals surface area contributed by atoms with Crippen molar-refractivity contribution in [3.05, 3.63) is 77.5 Å². The fourth-order valence-electron chi connectivity index (χ4n) is 2.81. The molecule has 0 unspecified atom stereocenters. The Balaban J connectivity index is 2.05. The van der Waals surface area contributed by atoms with Gasteiger partial charge >= 0.3 is 5.97 Å². The van der Waals surface area contributed by atoms with Gasteiger partial charge < -0.3 is 9.47 Å². The van der Waals surface area contributed by atoms with Crippen LogP contribution in [0.3, 0.4) is 0 Å². The number of carbonyl (C=O) groups excluding carboxylic acids is 1. The minimum atomic E-state index is -0.688. The first-order chi connectivity index (χ1) is 14.1. The Morgan fingerprint density at radius 1 is 1.17 bits per heavy atom. The van der Waals surface area contributed by atoms with Crippen LogP contribution in [0.2, 0.25) is 0 Å². The molecule has 2 aromatic carbocycles. The van der Waals surface area contributed by atoms with Crippen LogP contribution in [0, 0.1) is 18.3 Å². The topological polar surface area (TPSA) is 77.1 Å². The number of carbonyl (C=O) groups is 1. The number of benzene rings is 2. The van der Waals surface area contributed by atoms with Crippen molar-refractivity contribution >= 4 is 12.0 Å². The second-order valence-corrected chi connectivity index (χ2v) is 6.38. The summed E-state index contributed by atoms with van der Waals surface area (Å²) in [6, 6.07) is 19.5. The summed E-state index contributed by atoms with van der Waals surface area (Å²) in [5.41, 5.74) is 4.10. The van der Waals surface area contributed by atoms with Crippen LogP contribution in [0.4, 0.5) is 0 Å². The lowest BCUT2D eigenvalue weighted by molar-refractivity contribution is -0.139. The normalized spacial score (nSPS) is 11.1. The van der Waals surface area contributed by atoms with Gasteiger partial charge in [0.2, 0.25) is 0 Å². The molecule has 0 fully saturated rings. The van der Waals surface area contributed by atoms with Crippen LogP contribution >= 0.6 is 0 Å². The molecule has 3 rings (SSSR count). The van der Waals surface area contributed by atoms with Crippen molar-refractivity contribution in [1.82, 2.24) is 9.78 Å². The summed E-state index contributed by atoms with van der Waals surface area (Å²) >= 11 is 0. The zero-order valence-corrected chi connectivity index (χ0v) is 16.3. The highest BCUT2D eigenvalue weighted by Crippen LogP contribution is 2.26. The number of aryl methyl sites for hydroxylation is 1. The van der Waals surface area contributed by atoms with Crippen molar-refractivity contribution in [3.63, 3.8) is 0 Å². The van der Waals surface area contributed by atoms with E-state index in [9.17, 15) is 10.1 Å². The summed E-state index contributed by atoms with van der Waals surface area (Å²) in [4.78, 5) is 12.2. The minimum Gasteiger partial charge on any atom is -0.459 e. The number of nitrogens with zero attached hydrogens (tertiary/aromatic N) is 3. The van der Waals surface area contributed by atoms with Gasteiger partial charge in [0.15, 0.2) is 0 Å². The van der Waals surface area contributed by atoms with Crippen LogP contribution in [0.15, 0.2) is 66.4 Å². The number of para-hydroxylation sites is 1. The second-order valence-electron chi connectivity index (χ2n) is 6.38. The SMILES string of the molecule is COCCOC(=O)/C(C#N)=C/c1cn(-c2ccccc2)nc1-c1cccc(C)c1. The molecule has 0 aliphatic carbocycles. The molecule has 0 N–H and O–H groups in total. The molecule has 3 aromatic rings. The zero-order valence-electron chi connectivity index (χ0n) is 16.3. The standard InChI is InChI=1S/C23H21N3O3/c1-17-7-6-8-18(13-17)22-20(14-19(15-24)23(27)29-12-11-28-2)16-26(25-22)21-9-4-3-5-10-21/h3-10,13-14,16H,11-12H2,1-2H3/b19-14+. The van der Waals surface area contributed by atoms with E-state index in [0.29, 0.717) is 11.3 Å². The number of ether oxygens (including phenoxy) is 2. The molecular weight excluding hydrogens is 366 g/mol. The maximum atomic E-state index is 12.2. The monoisotopic (exact) mass is 387 g/mol. The third kappa shape index (κ3) is 4.98. The van der Waals surface area contributed by atoms with Gasteiger partial charge in [0, 0.05) is 24.4 Å². The molecule has 1 aromatic heterocycles. The fraction of sp³-hybridized carbons (Fsp3) is 0.174. The van der Waals surface area contributed by atoms with Crippen molar-refractivity contribution in [2.75, 3.05) is 20.3 Å². The van der Waals surface area contributed by atoms with E-state index in [1.807, 2.05) is 67.6 Å². The summed E-state index contributed by atoms with van der Waals surface area (Å²) in [6.45, 7) is 2.36. The van der Waals surface area contributed by atoms with Gasteiger partial charge in [0.05, 0.1) is 12.3 Å². The Hall–Kier alpha value is -3.69. The van der Waals surface area contributed by atoms with Gasteiger partial charge in [-0.05, 0) is 31.2 Å². The third-order valence-electron chi connectivity index (χ3n) is 4.22. The first-order valence-corrected chi connectivity index (χ1v) is 9.12. The quantitative estimate of drug-likeness (QED) is 0.266. The van der Waals surface area contributed by atoms with Gasteiger partial charge in [-0.15, -0.1) is 0 Å². The maximum absolute atomic E-state index is 12.2. The Morgan fingerprint density at radius 2 is 1.97 bits per heavy atom. The van der Waals surface area contributed by atoms with Crippen LogP contribution in [-0.4, -0.2) is 36.1 Å². The van der Waals surface area contributed by atoms with Crippen molar-refractivity contribution < 1.29 is 14.3 Å². The summed E-state index contributed by atoms with van der Waals surface area (Å²) in [5.74, 6) is -0.688. The van der Waals surface area contributed by atoms with Gasteiger partial charge in [-0.2, -0.15) is 10.4 Å². The van der Waals surface area contributed by atoms with Crippen molar-refractivity contribution in [1.29, 1.82) is 5.26 Å². The van der Waals surface area contributed by atoms with Crippen LogP contribution in [-0.2, 0) is 14.3 Å². The molecule has 0 aliphatic rings. The molecule has 6 heteroatoms. The van der Waals surface area contributed by atoms with Gasteiger partial charge in [-0.25, -0.2) is 9.48 Å². The fourth-order valence-corrected chi connectivity index (χ4v) is 2.81. The molecule has 0 radical (unpaired) electrons. The van der Waals surface area contributed by atoms with E-state index in [0.717, 1.165) is 16.8 Å². The number of esters is 1. The molecule has 1 heterocycles. The van der Waals surface area contributed by atoms with E-state index in [1.165, 1.54) is 13.2 Å². The van der Waals surface area contributed by atoms with Crippen molar-refractivity contribution in [2.45, 2.75) is 6.92 Å². The van der Waals surface area contributed by atoms with E-state index in [4.69, 9.17) is 14.6 Å². The average Bonchev–Trinajstić information content (AvgIpc) is 3.16. The molecule has 146 valence electrons. The molecule has 0 saturated heterocycles. The first kappa shape index (κ1) is 20.1. The highest BCUT2D eigenvalue weighted by atomic mass is 16.6. The van der Waals surface area contributed by atoms with E-state index >= 15 is 0 Å². The lowest BCUT2D eigenvalue weighted by Crippen LogP contribution is -2.11. The number of hydrogen-bond donors (Lipinski definition) is 0. The lowest BCUT2D eigenvalue weighted by atomic mass is 10.0. The summed E-state index contributed by atoms with van der Waals surface area (Å²) in [7, 11) is 1.51.